The number of nitrogens with one attached hydrogen (secondary N) is 1. The van der Waals surface area contributed by atoms with E-state index in [9.17, 15) is 8.42 Å². The van der Waals surface area contributed by atoms with Gasteiger partial charge in [0.2, 0.25) is 26.6 Å². The quantitative estimate of drug-likeness (QED) is 0.344. The molecule has 0 fully saturated rings. The van der Waals surface area contributed by atoms with E-state index in [2.05, 4.69) is 10.3 Å². The van der Waals surface area contributed by atoms with E-state index in [0.29, 0.717) is 28.6 Å². The minimum Gasteiger partial charge on any atom is -0.494 e. The van der Waals surface area contributed by atoms with Crippen molar-refractivity contribution in [1.82, 2.24) is 4.98 Å². The maximum absolute atomic E-state index is 13.4. The van der Waals surface area contributed by atoms with E-state index >= 15 is 0 Å². The summed E-state index contributed by atoms with van der Waals surface area (Å²) in [7, 11) is -3.96. The molecule has 1 aromatic heterocycles. The highest BCUT2D eigenvalue weighted by molar-refractivity contribution is 7.91. The Balaban J connectivity index is 1.80. The van der Waals surface area contributed by atoms with E-state index in [1.54, 1.807) is 72.8 Å². The molecule has 0 saturated heterocycles. The average Bonchev–Trinajstić information content (AvgIpc) is 3.20. The number of halogens is 1. The zero-order valence-electron chi connectivity index (χ0n) is 17.5. The first-order valence-electron chi connectivity index (χ1n) is 9.96. The molecule has 0 bridgehead atoms. The molecule has 0 unspecified atom stereocenters. The van der Waals surface area contributed by atoms with Crippen molar-refractivity contribution in [1.29, 1.82) is 0 Å². The molecule has 0 saturated carbocycles. The van der Waals surface area contributed by atoms with Crippen molar-refractivity contribution in [3.05, 3.63) is 83.4 Å². The van der Waals surface area contributed by atoms with Crippen LogP contribution in [0.25, 0.3) is 11.5 Å². The van der Waals surface area contributed by atoms with Gasteiger partial charge in [0, 0.05) is 5.69 Å². The van der Waals surface area contributed by atoms with Gasteiger partial charge in [-0.1, -0.05) is 41.4 Å². The van der Waals surface area contributed by atoms with Crippen LogP contribution in [0.4, 0.5) is 11.6 Å². The summed E-state index contributed by atoms with van der Waals surface area (Å²) in [4.78, 5) is 4.45. The monoisotopic (exact) mass is 468 g/mol. The fraction of sp³-hybridized carbons (Fsp3) is 0.125. The van der Waals surface area contributed by atoms with Crippen molar-refractivity contribution < 1.29 is 17.6 Å². The number of anilines is 2. The standard InChI is InChI=1S/C24H21ClN2O4S/c1-3-30-18-12-10-17(11-13-18)26-23-24(32(28,29)19-14-8-16(2)9-15-19)27-22(31-23)20-6-4-5-7-21(20)25/h4-15,26H,3H2,1-2H3. The zero-order valence-corrected chi connectivity index (χ0v) is 19.1. The number of rotatable bonds is 7. The molecular weight excluding hydrogens is 448 g/mol. The van der Waals surface area contributed by atoms with Gasteiger partial charge in [-0.15, -0.1) is 0 Å². The molecular formula is C24H21ClN2O4S. The lowest BCUT2D eigenvalue weighted by Crippen LogP contribution is -2.05. The van der Waals surface area contributed by atoms with E-state index in [1.807, 2.05) is 13.8 Å². The molecule has 32 heavy (non-hydrogen) atoms. The number of hydrogen-bond acceptors (Lipinski definition) is 6. The fourth-order valence-corrected chi connectivity index (χ4v) is 4.55. The molecule has 3 aromatic carbocycles. The zero-order chi connectivity index (χ0) is 22.7. The molecule has 0 aliphatic carbocycles. The summed E-state index contributed by atoms with van der Waals surface area (Å²) < 4.78 is 38.2. The van der Waals surface area contributed by atoms with Crippen LogP contribution in [0.5, 0.6) is 5.75 Å². The lowest BCUT2D eigenvalue weighted by atomic mass is 10.2. The second kappa shape index (κ2) is 9.06. The Labute approximate surface area is 191 Å². The third kappa shape index (κ3) is 4.49. The van der Waals surface area contributed by atoms with Gasteiger partial charge in [0.05, 0.1) is 22.1 Å². The van der Waals surface area contributed by atoms with E-state index in [-0.39, 0.29) is 21.7 Å². The lowest BCUT2D eigenvalue weighted by Gasteiger charge is -2.08. The SMILES string of the molecule is CCOc1ccc(Nc2oc(-c3ccccc3Cl)nc2S(=O)(=O)c2ccc(C)cc2)cc1. The van der Waals surface area contributed by atoms with Gasteiger partial charge in [0.25, 0.3) is 0 Å². The molecule has 0 aliphatic rings. The van der Waals surface area contributed by atoms with Crippen LogP contribution in [0.1, 0.15) is 12.5 Å². The van der Waals surface area contributed by atoms with Crippen molar-refractivity contribution >= 4 is 33.0 Å². The van der Waals surface area contributed by atoms with E-state index in [0.717, 1.165) is 5.56 Å². The van der Waals surface area contributed by atoms with Crippen LogP contribution in [0.3, 0.4) is 0 Å². The van der Waals surface area contributed by atoms with Gasteiger partial charge in [-0.05, 0) is 62.4 Å². The molecule has 1 N–H and O–H groups in total. The smallest absolute Gasteiger partial charge is 0.238 e. The van der Waals surface area contributed by atoms with Crippen LogP contribution in [-0.4, -0.2) is 20.0 Å². The maximum Gasteiger partial charge on any atom is 0.238 e. The van der Waals surface area contributed by atoms with Crippen LogP contribution >= 0.6 is 11.6 Å². The number of hydrogen-bond donors (Lipinski definition) is 1. The van der Waals surface area contributed by atoms with Gasteiger partial charge >= 0.3 is 0 Å². The predicted octanol–water partition coefficient (Wildman–Crippen LogP) is 6.28. The molecule has 164 valence electrons. The Hall–Kier alpha value is -3.29. The van der Waals surface area contributed by atoms with E-state index in [4.69, 9.17) is 20.8 Å². The molecule has 6 nitrogen and oxygen atoms in total. The second-order valence-electron chi connectivity index (χ2n) is 7.03. The first kappa shape index (κ1) is 21.9. The lowest BCUT2D eigenvalue weighted by molar-refractivity contribution is 0.340. The Kier molecular flexibility index (Phi) is 6.21. The largest absolute Gasteiger partial charge is 0.494 e. The van der Waals surface area contributed by atoms with Crippen LogP contribution in [0.15, 0.2) is 87.1 Å². The molecule has 0 amide bonds. The predicted molar refractivity (Wildman–Crippen MR) is 124 cm³/mol. The van der Waals surface area contributed by atoms with Crippen LogP contribution in [0, 0.1) is 6.92 Å². The average molecular weight is 469 g/mol. The summed E-state index contributed by atoms with van der Waals surface area (Å²) in [5, 5.41) is 3.22. The highest BCUT2D eigenvalue weighted by Gasteiger charge is 2.29. The summed E-state index contributed by atoms with van der Waals surface area (Å²) >= 11 is 6.29. The summed E-state index contributed by atoms with van der Waals surface area (Å²) in [6.07, 6.45) is 0. The molecule has 0 spiro atoms. The molecule has 8 heteroatoms. The molecule has 4 aromatic rings. The fourth-order valence-electron chi connectivity index (χ4n) is 3.08. The normalized spacial score (nSPS) is 11.3. The topological polar surface area (TPSA) is 81.4 Å². The van der Waals surface area contributed by atoms with Crippen LogP contribution < -0.4 is 10.1 Å². The Morgan fingerprint density at radius 2 is 1.69 bits per heavy atom. The third-order valence-corrected chi connectivity index (χ3v) is 6.72. The van der Waals surface area contributed by atoms with Gasteiger partial charge < -0.3 is 14.5 Å². The highest BCUT2D eigenvalue weighted by Crippen LogP contribution is 2.36. The van der Waals surface area contributed by atoms with Crippen LogP contribution in [0.2, 0.25) is 5.02 Å². The summed E-state index contributed by atoms with van der Waals surface area (Å²) in [6, 6.07) is 20.6. The summed E-state index contributed by atoms with van der Waals surface area (Å²) in [5.41, 5.74) is 2.07. The molecule has 0 atom stereocenters. The number of oxazole rings is 1. The number of aromatic nitrogens is 1. The minimum atomic E-state index is -3.96. The molecule has 4 rings (SSSR count). The molecule has 0 aliphatic heterocycles. The number of sulfone groups is 1. The summed E-state index contributed by atoms with van der Waals surface area (Å²) in [5.74, 6) is 0.819. The Morgan fingerprint density at radius 1 is 1.00 bits per heavy atom. The minimum absolute atomic E-state index is 0.00431. The first-order chi connectivity index (χ1) is 15.4. The van der Waals surface area contributed by atoms with Gasteiger partial charge in [0.15, 0.2) is 0 Å². The van der Waals surface area contributed by atoms with Gasteiger partial charge in [0.1, 0.15) is 5.75 Å². The second-order valence-corrected chi connectivity index (χ2v) is 9.30. The third-order valence-electron chi connectivity index (χ3n) is 4.71. The van der Waals surface area contributed by atoms with Crippen molar-refractivity contribution in [2.45, 2.75) is 23.8 Å². The van der Waals surface area contributed by atoms with E-state index < -0.39 is 9.84 Å². The molecule has 1 heterocycles. The highest BCUT2D eigenvalue weighted by atomic mass is 35.5. The van der Waals surface area contributed by atoms with Crippen molar-refractivity contribution in [2.24, 2.45) is 0 Å². The Morgan fingerprint density at radius 3 is 2.34 bits per heavy atom. The number of aryl methyl sites for hydroxylation is 1. The summed E-state index contributed by atoms with van der Waals surface area (Å²) in [6.45, 7) is 4.34. The number of benzene rings is 3. The molecule has 0 radical (unpaired) electrons. The Bertz CT molecular complexity index is 1330. The number of ether oxygens (including phenoxy) is 1. The van der Waals surface area contributed by atoms with E-state index in [1.165, 1.54) is 0 Å². The van der Waals surface area contributed by atoms with Crippen LogP contribution in [-0.2, 0) is 9.84 Å². The van der Waals surface area contributed by atoms with Gasteiger partial charge in [-0.2, -0.15) is 4.98 Å². The maximum atomic E-state index is 13.4. The van der Waals surface area contributed by atoms with Crippen molar-refractivity contribution in [2.75, 3.05) is 11.9 Å². The van der Waals surface area contributed by atoms with Crippen molar-refractivity contribution in [3.63, 3.8) is 0 Å². The van der Waals surface area contributed by atoms with Gasteiger partial charge in [-0.25, -0.2) is 8.42 Å². The van der Waals surface area contributed by atoms with Crippen molar-refractivity contribution in [3.8, 4) is 17.2 Å². The number of nitrogens with zero attached hydrogens (tertiary/aromatic N) is 1. The van der Waals surface area contributed by atoms with Gasteiger partial charge in [-0.3, -0.25) is 0 Å². The first-order valence-corrected chi connectivity index (χ1v) is 11.8.